The highest BCUT2D eigenvalue weighted by molar-refractivity contribution is 5.72. The molecule has 1 unspecified atom stereocenters. The molecule has 0 aliphatic carbocycles. The second kappa shape index (κ2) is 6.61. The van der Waals surface area contributed by atoms with Gasteiger partial charge in [0.1, 0.15) is 6.67 Å². The van der Waals surface area contributed by atoms with Crippen molar-refractivity contribution >= 4 is 17.6 Å². The third-order valence-electron chi connectivity index (χ3n) is 3.20. The lowest BCUT2D eigenvalue weighted by molar-refractivity contribution is 0.916. The van der Waals surface area contributed by atoms with Gasteiger partial charge in [-0.3, -0.25) is 4.99 Å². The van der Waals surface area contributed by atoms with Crippen molar-refractivity contribution in [2.45, 2.75) is 12.8 Å². The number of hydrogen-bond donors (Lipinski definition) is 2. The minimum Gasteiger partial charge on any atom is -0.405 e. The summed E-state index contributed by atoms with van der Waals surface area (Å²) in [7, 11) is 0. The first-order chi connectivity index (χ1) is 9.74. The molecular formula is C16H20N4. The molecule has 1 aliphatic heterocycles. The van der Waals surface area contributed by atoms with Crippen molar-refractivity contribution in [3.05, 3.63) is 60.5 Å². The minimum atomic E-state index is 0.270. The van der Waals surface area contributed by atoms with Crippen LogP contribution >= 0.6 is 0 Å². The molecule has 1 aromatic carbocycles. The molecule has 20 heavy (non-hydrogen) atoms. The van der Waals surface area contributed by atoms with Gasteiger partial charge in [-0.05, 0) is 30.5 Å². The van der Waals surface area contributed by atoms with Crippen LogP contribution in [0.2, 0.25) is 0 Å². The van der Waals surface area contributed by atoms with Gasteiger partial charge in [-0.1, -0.05) is 25.1 Å². The largest absolute Gasteiger partial charge is 0.405 e. The number of anilines is 2. The number of aliphatic imine (C=N–C) groups is 1. The third-order valence-corrected chi connectivity index (χ3v) is 3.20. The Balaban J connectivity index is 2.37. The molecule has 4 N–H and O–H groups in total. The molecule has 1 aliphatic rings. The van der Waals surface area contributed by atoms with Crippen LogP contribution in [0.3, 0.4) is 0 Å². The Morgan fingerprint density at radius 3 is 3.00 bits per heavy atom. The zero-order valence-electron chi connectivity index (χ0n) is 11.6. The Morgan fingerprint density at radius 2 is 2.20 bits per heavy atom. The van der Waals surface area contributed by atoms with Crippen molar-refractivity contribution in [3.63, 3.8) is 0 Å². The molecule has 0 spiro atoms. The third kappa shape index (κ3) is 3.09. The van der Waals surface area contributed by atoms with Crippen molar-refractivity contribution in [1.82, 2.24) is 0 Å². The van der Waals surface area contributed by atoms with Gasteiger partial charge < -0.3 is 16.4 Å². The molecule has 0 fully saturated rings. The number of hydrogen-bond acceptors (Lipinski definition) is 4. The van der Waals surface area contributed by atoms with Gasteiger partial charge in [-0.2, -0.15) is 0 Å². The Bertz CT molecular complexity index is 570. The summed E-state index contributed by atoms with van der Waals surface area (Å²) in [6.07, 6.45) is 13.1. The highest BCUT2D eigenvalue weighted by Gasteiger charge is 2.16. The zero-order valence-corrected chi connectivity index (χ0v) is 11.6. The maximum absolute atomic E-state index is 6.14. The monoisotopic (exact) mass is 268 g/mol. The van der Waals surface area contributed by atoms with E-state index in [1.807, 2.05) is 30.5 Å². The standard InChI is InChI=1S/C16H20N4/c1-13-6-2-3-11-20(12-19-10-5-9-17)15-8-4-7-14(18)16(13)15/h2-11,13H,12,17-18H2,1H3/b6-2-,9-5-,11-3-,19-10?. The molecule has 1 heterocycles. The van der Waals surface area contributed by atoms with Crippen LogP contribution in [0.4, 0.5) is 11.4 Å². The molecule has 0 bridgehead atoms. The summed E-state index contributed by atoms with van der Waals surface area (Å²) in [6, 6.07) is 5.98. The maximum atomic E-state index is 6.14. The highest BCUT2D eigenvalue weighted by Crippen LogP contribution is 2.34. The van der Waals surface area contributed by atoms with Crippen molar-refractivity contribution < 1.29 is 0 Å². The van der Waals surface area contributed by atoms with E-state index in [-0.39, 0.29) is 5.92 Å². The Morgan fingerprint density at radius 1 is 1.35 bits per heavy atom. The smallest absolute Gasteiger partial charge is 0.114 e. The quantitative estimate of drug-likeness (QED) is 0.654. The maximum Gasteiger partial charge on any atom is 0.114 e. The van der Waals surface area contributed by atoms with Crippen LogP contribution in [0, 0.1) is 0 Å². The van der Waals surface area contributed by atoms with E-state index in [4.69, 9.17) is 11.5 Å². The number of rotatable bonds is 3. The second-order valence-electron chi connectivity index (χ2n) is 4.62. The molecule has 104 valence electrons. The van der Waals surface area contributed by atoms with Crippen LogP contribution in [0.25, 0.3) is 0 Å². The van der Waals surface area contributed by atoms with Gasteiger partial charge in [0.15, 0.2) is 0 Å². The molecule has 0 amide bonds. The predicted molar refractivity (Wildman–Crippen MR) is 86.7 cm³/mol. The first-order valence-corrected chi connectivity index (χ1v) is 6.60. The molecule has 0 aromatic heterocycles. The van der Waals surface area contributed by atoms with Gasteiger partial charge in [-0.15, -0.1) is 0 Å². The fourth-order valence-electron chi connectivity index (χ4n) is 2.25. The Kier molecular flexibility index (Phi) is 4.60. The van der Waals surface area contributed by atoms with Gasteiger partial charge in [0, 0.05) is 35.3 Å². The van der Waals surface area contributed by atoms with Gasteiger partial charge >= 0.3 is 0 Å². The van der Waals surface area contributed by atoms with Crippen LogP contribution < -0.4 is 16.4 Å². The molecule has 0 saturated carbocycles. The summed E-state index contributed by atoms with van der Waals surface area (Å²) in [5, 5.41) is 0. The van der Waals surface area contributed by atoms with Gasteiger partial charge in [0.05, 0.1) is 0 Å². The van der Waals surface area contributed by atoms with E-state index in [2.05, 4.69) is 29.0 Å². The number of benzene rings is 1. The molecule has 0 saturated heterocycles. The molecular weight excluding hydrogens is 248 g/mol. The molecule has 1 atom stereocenters. The van der Waals surface area contributed by atoms with Crippen molar-refractivity contribution in [2.24, 2.45) is 10.7 Å². The minimum absolute atomic E-state index is 0.270. The van der Waals surface area contributed by atoms with Crippen LogP contribution in [0.15, 0.2) is 59.9 Å². The summed E-state index contributed by atoms with van der Waals surface area (Å²) in [5.74, 6) is 0.270. The normalized spacial score (nSPS) is 21.6. The number of nitrogens with two attached hydrogens (primary N) is 2. The molecule has 2 rings (SSSR count). The molecule has 1 aromatic rings. The zero-order chi connectivity index (χ0) is 14.4. The van der Waals surface area contributed by atoms with Crippen molar-refractivity contribution in [2.75, 3.05) is 17.3 Å². The van der Waals surface area contributed by atoms with E-state index in [9.17, 15) is 0 Å². The fourth-order valence-corrected chi connectivity index (χ4v) is 2.25. The topological polar surface area (TPSA) is 67.6 Å². The number of nitrogen functional groups attached to an aromatic ring is 1. The van der Waals surface area contributed by atoms with E-state index in [1.54, 1.807) is 12.3 Å². The SMILES string of the molecule is CC1/C=C\C=C/N(CN=C/C=C\N)c2cccc(N)c21. The van der Waals surface area contributed by atoms with Gasteiger partial charge in [0.2, 0.25) is 0 Å². The predicted octanol–water partition coefficient (Wildman–Crippen LogP) is 2.76. The van der Waals surface area contributed by atoms with E-state index in [1.165, 1.54) is 6.20 Å². The van der Waals surface area contributed by atoms with Crippen LogP contribution in [-0.4, -0.2) is 12.9 Å². The fraction of sp³-hybridized carbons (Fsp3) is 0.188. The van der Waals surface area contributed by atoms with E-state index >= 15 is 0 Å². The van der Waals surface area contributed by atoms with Crippen molar-refractivity contribution in [3.8, 4) is 0 Å². The van der Waals surface area contributed by atoms with Crippen LogP contribution in [-0.2, 0) is 0 Å². The Hall–Kier alpha value is -2.49. The molecule has 4 heteroatoms. The van der Waals surface area contributed by atoms with Gasteiger partial charge in [0.25, 0.3) is 0 Å². The second-order valence-corrected chi connectivity index (χ2v) is 4.62. The Labute approximate surface area is 119 Å². The average molecular weight is 268 g/mol. The summed E-state index contributed by atoms with van der Waals surface area (Å²) >= 11 is 0. The molecule has 0 radical (unpaired) electrons. The lowest BCUT2D eigenvalue weighted by atomic mass is 9.95. The van der Waals surface area contributed by atoms with Gasteiger partial charge in [-0.25, -0.2) is 0 Å². The summed E-state index contributed by atoms with van der Waals surface area (Å²) < 4.78 is 0. The number of nitrogens with zero attached hydrogens (tertiary/aromatic N) is 2. The lowest BCUT2D eigenvalue weighted by Gasteiger charge is -2.25. The first-order valence-electron chi connectivity index (χ1n) is 6.60. The first kappa shape index (κ1) is 13.9. The van der Waals surface area contributed by atoms with Crippen molar-refractivity contribution in [1.29, 1.82) is 0 Å². The summed E-state index contributed by atoms with van der Waals surface area (Å²) in [6.45, 7) is 2.67. The van der Waals surface area contributed by atoms with E-state index < -0.39 is 0 Å². The number of allylic oxidation sites excluding steroid dienone is 4. The van der Waals surface area contributed by atoms with Crippen LogP contribution in [0.1, 0.15) is 18.4 Å². The van der Waals surface area contributed by atoms with Crippen LogP contribution in [0.5, 0.6) is 0 Å². The van der Waals surface area contributed by atoms with E-state index in [0.717, 1.165) is 16.9 Å². The lowest BCUT2D eigenvalue weighted by Crippen LogP contribution is -2.19. The highest BCUT2D eigenvalue weighted by atomic mass is 15.2. The summed E-state index contributed by atoms with van der Waals surface area (Å²) in [4.78, 5) is 6.40. The molecule has 4 nitrogen and oxygen atoms in total. The van der Waals surface area contributed by atoms with E-state index in [0.29, 0.717) is 6.67 Å². The number of fused-ring (bicyclic) bond motifs is 1. The summed E-state index contributed by atoms with van der Waals surface area (Å²) in [5.41, 5.74) is 14.5. The average Bonchev–Trinajstić information content (AvgIpc) is 2.43.